The Morgan fingerprint density at radius 3 is 2.74 bits per heavy atom. The maximum atomic E-state index is 12.6. The molecule has 0 bridgehead atoms. The number of carbonyl (C=O) groups is 2. The molecule has 10 heteroatoms. The van der Waals surface area contributed by atoms with Gasteiger partial charge in [0.15, 0.2) is 5.75 Å². The van der Waals surface area contributed by atoms with Crippen LogP contribution in [-0.2, 0) is 6.61 Å². The van der Waals surface area contributed by atoms with Crippen molar-refractivity contribution in [3.8, 4) is 17.2 Å². The Morgan fingerprint density at radius 2 is 1.91 bits per heavy atom. The minimum Gasteiger partial charge on any atom is -0.497 e. The van der Waals surface area contributed by atoms with E-state index in [-0.39, 0.29) is 25.7 Å². The fraction of sp³-hybridized carbons (Fsp3) is 0.160. The van der Waals surface area contributed by atoms with Crippen molar-refractivity contribution < 1.29 is 28.9 Å². The molecule has 0 aliphatic heterocycles. The lowest BCUT2D eigenvalue weighted by Gasteiger charge is -2.10. The van der Waals surface area contributed by atoms with Crippen molar-refractivity contribution in [1.29, 1.82) is 0 Å². The topological polar surface area (TPSA) is 119 Å². The molecule has 0 saturated carbocycles. The van der Waals surface area contributed by atoms with Crippen molar-refractivity contribution in [2.75, 3.05) is 25.6 Å². The molecule has 0 aliphatic rings. The predicted molar refractivity (Wildman–Crippen MR) is 132 cm³/mol. The average Bonchev–Trinajstić information content (AvgIpc) is 3.30. The van der Waals surface area contributed by atoms with Crippen LogP contribution < -0.4 is 24.8 Å². The Kier molecular flexibility index (Phi) is 7.76. The SMILES string of the molecule is COc1cccc(C(=O)Nc2cccc(OCc3csc4c(OC(=O)NCCO)cncc34)c2)c1. The number of thiophene rings is 1. The number of fused-ring (bicyclic) bond motifs is 1. The van der Waals surface area contributed by atoms with Gasteiger partial charge in [0.2, 0.25) is 0 Å². The predicted octanol–water partition coefficient (Wildman–Crippen LogP) is 4.22. The highest BCUT2D eigenvalue weighted by Gasteiger charge is 2.14. The van der Waals surface area contributed by atoms with Gasteiger partial charge in [-0.2, -0.15) is 0 Å². The first-order valence-corrected chi connectivity index (χ1v) is 11.5. The quantitative estimate of drug-likeness (QED) is 0.319. The third kappa shape index (κ3) is 6.05. The van der Waals surface area contributed by atoms with Crippen molar-refractivity contribution in [1.82, 2.24) is 10.3 Å². The maximum absolute atomic E-state index is 12.6. The normalized spacial score (nSPS) is 10.6. The van der Waals surface area contributed by atoms with Crippen LogP contribution in [0, 0.1) is 0 Å². The minimum atomic E-state index is -0.660. The highest BCUT2D eigenvalue weighted by Crippen LogP contribution is 2.33. The zero-order valence-electron chi connectivity index (χ0n) is 18.8. The standard InChI is InChI=1S/C25H23N3O6S/c1-32-19-6-2-4-16(10-19)24(30)28-18-5-3-7-20(11-18)33-14-17-15-35-23-21(17)12-26-13-22(23)34-25(31)27-8-9-29/h2-7,10-13,15,29H,8-9,14H2,1H3,(H,27,31)(H,28,30). The molecule has 2 amide bonds. The summed E-state index contributed by atoms with van der Waals surface area (Å²) in [5.41, 5.74) is 1.96. The number of nitrogens with zero attached hydrogens (tertiary/aromatic N) is 1. The number of methoxy groups -OCH3 is 1. The van der Waals surface area contributed by atoms with Gasteiger partial charge >= 0.3 is 6.09 Å². The smallest absolute Gasteiger partial charge is 0.412 e. The molecule has 9 nitrogen and oxygen atoms in total. The first-order valence-electron chi connectivity index (χ1n) is 10.7. The van der Waals surface area contributed by atoms with E-state index in [9.17, 15) is 9.59 Å². The van der Waals surface area contributed by atoms with Crippen molar-refractivity contribution in [3.05, 3.63) is 77.4 Å². The lowest BCUT2D eigenvalue weighted by molar-refractivity contribution is 0.102. The number of pyridine rings is 1. The summed E-state index contributed by atoms with van der Waals surface area (Å²) >= 11 is 1.41. The number of anilines is 1. The van der Waals surface area contributed by atoms with Gasteiger partial charge in [0.25, 0.3) is 5.91 Å². The summed E-state index contributed by atoms with van der Waals surface area (Å²) < 4.78 is 17.2. The third-order valence-corrected chi connectivity index (χ3v) is 5.99. The van der Waals surface area contributed by atoms with E-state index in [1.54, 1.807) is 61.8 Å². The number of benzene rings is 2. The van der Waals surface area contributed by atoms with E-state index in [1.807, 2.05) is 5.38 Å². The number of carbonyl (C=O) groups excluding carboxylic acids is 2. The van der Waals surface area contributed by atoms with Crippen molar-refractivity contribution >= 4 is 39.1 Å². The number of rotatable bonds is 9. The van der Waals surface area contributed by atoms with Crippen LogP contribution in [0.2, 0.25) is 0 Å². The zero-order valence-corrected chi connectivity index (χ0v) is 19.6. The molecule has 35 heavy (non-hydrogen) atoms. The summed E-state index contributed by atoms with van der Waals surface area (Å²) in [6.45, 7) is 0.184. The van der Waals surface area contributed by atoms with E-state index in [2.05, 4.69) is 15.6 Å². The van der Waals surface area contributed by atoms with Gasteiger partial charge in [0, 0.05) is 41.0 Å². The van der Waals surface area contributed by atoms with Gasteiger partial charge in [-0.1, -0.05) is 12.1 Å². The number of amides is 2. The van der Waals surface area contributed by atoms with Crippen molar-refractivity contribution in [2.45, 2.75) is 6.61 Å². The number of hydrogen-bond acceptors (Lipinski definition) is 8. The van der Waals surface area contributed by atoms with Gasteiger partial charge in [0.1, 0.15) is 18.1 Å². The number of nitrogens with one attached hydrogen (secondary N) is 2. The summed E-state index contributed by atoms with van der Waals surface area (Å²) in [4.78, 5) is 28.6. The lowest BCUT2D eigenvalue weighted by atomic mass is 10.2. The molecule has 180 valence electrons. The largest absolute Gasteiger partial charge is 0.497 e. The summed E-state index contributed by atoms with van der Waals surface area (Å²) in [5, 5.41) is 16.8. The molecular formula is C25H23N3O6S. The van der Waals surface area contributed by atoms with E-state index in [4.69, 9.17) is 19.3 Å². The molecule has 0 fully saturated rings. The van der Waals surface area contributed by atoms with Crippen LogP contribution in [0.5, 0.6) is 17.2 Å². The van der Waals surface area contributed by atoms with Crippen molar-refractivity contribution in [3.63, 3.8) is 0 Å². The number of aliphatic hydroxyl groups excluding tert-OH is 1. The first-order chi connectivity index (χ1) is 17.1. The molecule has 0 unspecified atom stereocenters. The van der Waals surface area contributed by atoms with E-state index in [0.29, 0.717) is 28.5 Å². The van der Waals surface area contributed by atoms with Gasteiger partial charge in [-0.15, -0.1) is 11.3 Å². The van der Waals surface area contributed by atoms with Gasteiger partial charge in [-0.25, -0.2) is 4.79 Å². The van der Waals surface area contributed by atoms with Crippen LogP contribution >= 0.6 is 11.3 Å². The Hall–Kier alpha value is -4.15. The van der Waals surface area contributed by atoms with Gasteiger partial charge in [-0.3, -0.25) is 9.78 Å². The van der Waals surface area contributed by atoms with Crippen LogP contribution in [0.3, 0.4) is 0 Å². The van der Waals surface area contributed by atoms with E-state index >= 15 is 0 Å². The molecule has 4 aromatic rings. The second-order valence-electron chi connectivity index (χ2n) is 7.32. The molecule has 2 aromatic heterocycles. The average molecular weight is 494 g/mol. The second-order valence-corrected chi connectivity index (χ2v) is 8.20. The van der Waals surface area contributed by atoms with E-state index < -0.39 is 6.09 Å². The molecular weight excluding hydrogens is 470 g/mol. The molecule has 4 rings (SSSR count). The highest BCUT2D eigenvalue weighted by atomic mass is 32.1. The number of hydrogen-bond donors (Lipinski definition) is 3. The van der Waals surface area contributed by atoms with Crippen LogP contribution in [-0.4, -0.2) is 42.4 Å². The van der Waals surface area contributed by atoms with E-state index in [1.165, 1.54) is 17.5 Å². The molecule has 0 radical (unpaired) electrons. The summed E-state index contributed by atoms with van der Waals surface area (Å²) in [5.74, 6) is 1.26. The number of ether oxygens (including phenoxy) is 3. The fourth-order valence-corrected chi connectivity index (χ4v) is 4.22. The van der Waals surface area contributed by atoms with Gasteiger partial charge in [0.05, 0.1) is 24.6 Å². The number of aliphatic hydroxyl groups is 1. The molecule has 0 spiro atoms. The first kappa shape index (κ1) is 24.0. The fourth-order valence-electron chi connectivity index (χ4n) is 3.24. The van der Waals surface area contributed by atoms with Crippen LogP contribution in [0.1, 0.15) is 15.9 Å². The minimum absolute atomic E-state index is 0.102. The lowest BCUT2D eigenvalue weighted by Crippen LogP contribution is -2.29. The number of aromatic nitrogens is 1. The zero-order chi connectivity index (χ0) is 24.6. The Labute approximate surface area is 205 Å². The summed E-state index contributed by atoms with van der Waals surface area (Å²) in [6, 6.07) is 14.0. The monoisotopic (exact) mass is 493 g/mol. The van der Waals surface area contributed by atoms with Gasteiger partial charge < -0.3 is 30.0 Å². The highest BCUT2D eigenvalue weighted by molar-refractivity contribution is 7.17. The molecule has 0 saturated heterocycles. The molecule has 0 atom stereocenters. The molecule has 0 aliphatic carbocycles. The second kappa shape index (κ2) is 11.3. The maximum Gasteiger partial charge on any atom is 0.412 e. The Bertz CT molecular complexity index is 1340. The molecule has 3 N–H and O–H groups in total. The van der Waals surface area contributed by atoms with Crippen LogP contribution in [0.25, 0.3) is 10.1 Å². The van der Waals surface area contributed by atoms with Crippen LogP contribution in [0.4, 0.5) is 10.5 Å². The van der Waals surface area contributed by atoms with Gasteiger partial charge in [-0.05, 0) is 35.7 Å². The third-order valence-electron chi connectivity index (χ3n) is 4.93. The van der Waals surface area contributed by atoms with E-state index in [0.717, 1.165) is 15.6 Å². The summed E-state index contributed by atoms with van der Waals surface area (Å²) in [7, 11) is 1.55. The summed E-state index contributed by atoms with van der Waals surface area (Å²) in [6.07, 6.45) is 2.50. The molecule has 2 heterocycles. The molecule has 2 aromatic carbocycles. The van der Waals surface area contributed by atoms with Crippen molar-refractivity contribution in [2.24, 2.45) is 0 Å². The van der Waals surface area contributed by atoms with Crippen LogP contribution in [0.15, 0.2) is 66.3 Å². The Morgan fingerprint density at radius 1 is 1.09 bits per heavy atom. The Balaban J connectivity index is 1.42.